The highest BCUT2D eigenvalue weighted by Gasteiger charge is 2.54. The molecular weight excluding hydrogens is 558 g/mol. The van der Waals surface area contributed by atoms with Crippen LogP contribution in [0.1, 0.15) is 49.5 Å². The van der Waals surface area contributed by atoms with Crippen LogP contribution in [0.15, 0.2) is 42.5 Å². The van der Waals surface area contributed by atoms with Crippen LogP contribution < -0.4 is 15.8 Å². The smallest absolute Gasteiger partial charge is 0.410 e. The van der Waals surface area contributed by atoms with Gasteiger partial charge >= 0.3 is 6.09 Å². The van der Waals surface area contributed by atoms with Crippen LogP contribution in [0.4, 0.5) is 4.79 Å². The molecule has 12 heteroatoms. The Hall–Kier alpha value is -3.26. The predicted octanol–water partition coefficient (Wildman–Crippen LogP) is 1.50. The Morgan fingerprint density at radius 1 is 1.12 bits per heavy atom. The topological polar surface area (TPSA) is 184 Å². The first-order valence-corrected chi connectivity index (χ1v) is 14.5. The maximum absolute atomic E-state index is 13.0. The van der Waals surface area contributed by atoms with Gasteiger partial charge in [-0.1, -0.05) is 18.2 Å². The molecule has 4 rings (SSSR count). The molecule has 2 aliphatic heterocycles. The van der Waals surface area contributed by atoms with Crippen LogP contribution in [0.2, 0.25) is 0 Å². The second-order valence-electron chi connectivity index (χ2n) is 12.3. The fourth-order valence-corrected chi connectivity index (χ4v) is 5.14. The van der Waals surface area contributed by atoms with Gasteiger partial charge in [-0.3, -0.25) is 10.5 Å². The van der Waals surface area contributed by atoms with Gasteiger partial charge in [-0.15, -0.1) is 0 Å². The normalized spacial score (nSPS) is 26.6. The number of carbonyl (C=O) groups excluding carboxylic acids is 2. The van der Waals surface area contributed by atoms with Gasteiger partial charge in [0, 0.05) is 25.2 Å². The molecule has 0 unspecified atom stereocenters. The Morgan fingerprint density at radius 3 is 2.42 bits per heavy atom. The zero-order valence-electron chi connectivity index (χ0n) is 25.0. The summed E-state index contributed by atoms with van der Waals surface area (Å²) in [7, 11) is 0. The van der Waals surface area contributed by atoms with Gasteiger partial charge in [0.05, 0.1) is 6.61 Å². The second-order valence-corrected chi connectivity index (χ2v) is 12.3. The third-order valence-electron chi connectivity index (χ3n) is 7.72. The highest BCUT2D eigenvalue weighted by molar-refractivity contribution is 5.95. The number of piperidine rings is 1. The lowest BCUT2D eigenvalue weighted by Crippen LogP contribution is -2.72. The summed E-state index contributed by atoms with van der Waals surface area (Å²) in [6.45, 7) is 8.39. The number of hydrogen-bond acceptors (Lipinski definition) is 10. The number of benzene rings is 2. The van der Waals surface area contributed by atoms with Gasteiger partial charge in [-0.25, -0.2) is 4.79 Å². The van der Waals surface area contributed by atoms with Gasteiger partial charge in [0.25, 0.3) is 5.91 Å². The molecule has 2 fully saturated rings. The highest BCUT2D eigenvalue weighted by atomic mass is 16.7. The third-order valence-corrected chi connectivity index (χ3v) is 7.72. The van der Waals surface area contributed by atoms with E-state index in [2.05, 4.69) is 5.32 Å². The van der Waals surface area contributed by atoms with Crippen molar-refractivity contribution in [1.82, 2.24) is 10.2 Å². The number of nitrogens with two attached hydrogens (primary N) is 1. The largest absolute Gasteiger partial charge is 0.460 e. The van der Waals surface area contributed by atoms with Crippen LogP contribution in [0.5, 0.6) is 5.75 Å². The monoisotopic (exact) mass is 601 g/mol. The molecule has 0 radical (unpaired) electrons. The zero-order chi connectivity index (χ0) is 31.5. The van der Waals surface area contributed by atoms with E-state index in [0.29, 0.717) is 36.5 Å². The second kappa shape index (κ2) is 13.2. The van der Waals surface area contributed by atoms with E-state index in [1.807, 2.05) is 32.9 Å². The van der Waals surface area contributed by atoms with Crippen LogP contribution in [0.3, 0.4) is 0 Å². The van der Waals surface area contributed by atoms with Gasteiger partial charge in [0.1, 0.15) is 29.7 Å². The Kier molecular flexibility index (Phi) is 10.00. The first kappa shape index (κ1) is 32.6. The van der Waals surface area contributed by atoms with E-state index in [0.717, 1.165) is 24.0 Å². The van der Waals surface area contributed by atoms with Crippen LogP contribution in [0.25, 0.3) is 11.1 Å². The molecule has 2 aromatic rings. The fourth-order valence-electron chi connectivity index (χ4n) is 5.14. The molecule has 43 heavy (non-hydrogen) atoms. The van der Waals surface area contributed by atoms with Crippen molar-refractivity contribution in [2.45, 2.75) is 76.5 Å². The van der Waals surface area contributed by atoms with Gasteiger partial charge < -0.3 is 44.9 Å². The molecule has 2 aliphatic rings. The number of likely N-dealkylation sites (tertiary alicyclic amines) is 1. The molecule has 2 saturated heterocycles. The summed E-state index contributed by atoms with van der Waals surface area (Å²) in [6, 6.07) is 12.5. The summed E-state index contributed by atoms with van der Waals surface area (Å²) in [5.74, 6) is 0.380. The maximum atomic E-state index is 13.0. The van der Waals surface area contributed by atoms with E-state index in [-0.39, 0.29) is 17.9 Å². The maximum Gasteiger partial charge on any atom is 0.410 e. The summed E-state index contributed by atoms with van der Waals surface area (Å²) < 4.78 is 16.6. The predicted molar refractivity (Wildman–Crippen MR) is 157 cm³/mol. The molecule has 0 aromatic heterocycles. The first-order chi connectivity index (χ1) is 20.2. The minimum atomic E-state index is -2.42. The van der Waals surface area contributed by atoms with E-state index >= 15 is 0 Å². The Balaban J connectivity index is 1.35. The molecule has 12 nitrogen and oxygen atoms in total. The van der Waals surface area contributed by atoms with Crippen molar-refractivity contribution in [3.8, 4) is 16.9 Å². The first-order valence-electron chi connectivity index (χ1n) is 14.5. The number of aryl methyl sites for hydroxylation is 1. The van der Waals surface area contributed by atoms with Crippen molar-refractivity contribution in [2.24, 2.45) is 11.7 Å². The summed E-state index contributed by atoms with van der Waals surface area (Å²) in [6.07, 6.45) is -4.89. The lowest BCUT2D eigenvalue weighted by atomic mass is 9.94. The number of aliphatic hydroxyl groups excluding tert-OH is 3. The van der Waals surface area contributed by atoms with E-state index in [1.165, 1.54) is 0 Å². The Labute approximate surface area is 251 Å². The fraction of sp³-hybridized carbons (Fsp3) is 0.548. The molecule has 5 atom stereocenters. The molecule has 0 aliphatic carbocycles. The summed E-state index contributed by atoms with van der Waals surface area (Å²) in [4.78, 5) is 27.0. The molecule has 0 saturated carbocycles. The number of aliphatic hydroxyl groups is 4. The number of carbonyl (C=O) groups is 2. The minimum absolute atomic E-state index is 0.191. The van der Waals surface area contributed by atoms with Crippen molar-refractivity contribution in [2.75, 3.05) is 26.2 Å². The SMILES string of the molecule is Cc1cc(-c2cccc(C(=O)NCC3CCN(C(=O)OC(C)(C)C)CC3)c2)ccc1O[C@H]1O[C@H](CO)[C@@H](O)[C@H](O)[C@]1(N)O. The van der Waals surface area contributed by atoms with E-state index in [1.54, 1.807) is 42.2 Å². The van der Waals surface area contributed by atoms with E-state index < -0.39 is 42.5 Å². The van der Waals surface area contributed by atoms with Crippen molar-refractivity contribution in [1.29, 1.82) is 0 Å². The van der Waals surface area contributed by atoms with E-state index in [9.17, 15) is 30.0 Å². The lowest BCUT2D eigenvalue weighted by molar-refractivity contribution is -0.319. The molecule has 2 heterocycles. The van der Waals surface area contributed by atoms with Gasteiger partial charge in [-0.2, -0.15) is 0 Å². The summed E-state index contributed by atoms with van der Waals surface area (Å²) in [5, 5.41) is 43.2. The number of rotatable bonds is 7. The third kappa shape index (κ3) is 7.83. The average molecular weight is 602 g/mol. The standard InChI is InChI=1S/C31H43N3O9/c1-18-14-21(8-9-23(18)41-28-31(32,40)26(37)25(36)24(17-35)42-28)20-6-5-7-22(15-20)27(38)33-16-19-10-12-34(13-11-19)29(39)43-30(2,3)4/h5-9,14-15,19,24-26,28,35-37,40H,10-13,16-17,32H2,1-4H3,(H,33,38)/t24-,25-,26+,28+,31+/m1/s1. The van der Waals surface area contributed by atoms with Crippen molar-refractivity contribution in [3.05, 3.63) is 53.6 Å². The van der Waals surface area contributed by atoms with Gasteiger partial charge in [0.15, 0.2) is 0 Å². The molecule has 236 valence electrons. The van der Waals surface area contributed by atoms with Crippen molar-refractivity contribution in [3.63, 3.8) is 0 Å². The Bertz CT molecular complexity index is 1290. The van der Waals surface area contributed by atoms with E-state index in [4.69, 9.17) is 19.9 Å². The highest BCUT2D eigenvalue weighted by Crippen LogP contribution is 2.32. The molecule has 2 aromatic carbocycles. The van der Waals surface area contributed by atoms with Crippen LogP contribution in [0, 0.1) is 12.8 Å². The Morgan fingerprint density at radius 2 is 1.79 bits per heavy atom. The van der Waals surface area contributed by atoms with Crippen molar-refractivity contribution >= 4 is 12.0 Å². The molecule has 0 spiro atoms. The van der Waals surface area contributed by atoms with Gasteiger partial charge in [-0.05, 0) is 87.4 Å². The van der Waals surface area contributed by atoms with Crippen LogP contribution in [-0.2, 0) is 9.47 Å². The zero-order valence-corrected chi connectivity index (χ0v) is 25.0. The van der Waals surface area contributed by atoms with Gasteiger partial charge in [0.2, 0.25) is 12.0 Å². The molecule has 0 bridgehead atoms. The number of hydrogen-bond donors (Lipinski definition) is 6. The molecular formula is C31H43N3O9. The minimum Gasteiger partial charge on any atom is -0.460 e. The number of nitrogens with one attached hydrogen (secondary N) is 1. The lowest BCUT2D eigenvalue weighted by Gasteiger charge is -2.45. The summed E-state index contributed by atoms with van der Waals surface area (Å²) >= 11 is 0. The van der Waals surface area contributed by atoms with Crippen LogP contribution in [-0.4, -0.2) is 99.5 Å². The quantitative estimate of drug-likeness (QED) is 0.254. The summed E-state index contributed by atoms with van der Waals surface area (Å²) in [5.41, 5.74) is 5.62. The average Bonchev–Trinajstić information content (AvgIpc) is 2.96. The number of ether oxygens (including phenoxy) is 3. The molecule has 2 amide bonds. The number of amides is 2. The van der Waals surface area contributed by atoms with Crippen molar-refractivity contribution < 1.29 is 44.2 Å². The van der Waals surface area contributed by atoms with Crippen LogP contribution >= 0.6 is 0 Å². The molecule has 7 N–H and O–H groups in total. The number of nitrogens with zero attached hydrogens (tertiary/aromatic N) is 1.